The predicted molar refractivity (Wildman–Crippen MR) is 120 cm³/mol. The number of hydrogen-bond donors (Lipinski definition) is 3. The van der Waals surface area contributed by atoms with Crippen LogP contribution in [-0.4, -0.2) is 40.4 Å². The van der Waals surface area contributed by atoms with E-state index in [-0.39, 0.29) is 28.4 Å². The number of nitrogen functional groups attached to an aromatic ring is 1. The molecule has 1 aromatic carbocycles. The molecular weight excluding hydrogens is 442 g/mol. The molecule has 7 nitrogen and oxygen atoms in total. The van der Waals surface area contributed by atoms with Crippen molar-refractivity contribution < 1.29 is 11.9 Å². The van der Waals surface area contributed by atoms with Gasteiger partial charge in [-0.15, -0.1) is 0 Å². The number of anilines is 1. The fourth-order valence-corrected chi connectivity index (χ4v) is 4.04. The highest BCUT2D eigenvalue weighted by atomic mass is 35.5. The fourth-order valence-electron chi connectivity index (χ4n) is 3.36. The zero-order valence-corrected chi connectivity index (χ0v) is 18.2. The van der Waals surface area contributed by atoms with Crippen LogP contribution in [-0.2, 0) is 6.54 Å². The van der Waals surface area contributed by atoms with Crippen LogP contribution < -0.4 is 21.1 Å². The van der Waals surface area contributed by atoms with Gasteiger partial charge >= 0.3 is 0 Å². The molecule has 10 heteroatoms. The number of hydrogen-bond acceptors (Lipinski definition) is 6. The van der Waals surface area contributed by atoms with Gasteiger partial charge in [-0.05, 0) is 25.1 Å². The molecule has 164 valence electrons. The molecule has 0 saturated carbocycles. The second kappa shape index (κ2) is 9.40. The molecule has 4 rings (SSSR count). The third kappa shape index (κ3) is 4.93. The lowest BCUT2D eigenvalue weighted by Gasteiger charge is -2.24. The molecule has 3 aromatic rings. The molecule has 0 spiro atoms. The van der Waals surface area contributed by atoms with Crippen LogP contribution in [0.5, 0.6) is 5.75 Å². The standard InChI is InChI=1S/C21H23Cl2FN6O/c1-12(19-16(22)2-3-17(24)20(19)23)31-18-6-13(7-28-21(18)25)14-8-29-30(10-14)11-15-9-26-4-5-27-15/h2-3,6-8,10,12,15,26-27H,4-5,9,11H2,1H3,(H2,25,28)/t12-,15?/m1/s1/i4D2. The second-order valence-electron chi connectivity index (χ2n) is 7.21. The molecule has 4 N–H and O–H groups in total. The maximum absolute atomic E-state index is 13.9. The Morgan fingerprint density at radius 2 is 2.23 bits per heavy atom. The Labute approximate surface area is 192 Å². The lowest BCUT2D eigenvalue weighted by molar-refractivity contribution is 0.227. The quantitative estimate of drug-likeness (QED) is 0.480. The third-order valence-corrected chi connectivity index (χ3v) is 5.71. The van der Waals surface area contributed by atoms with Gasteiger partial charge in [0.1, 0.15) is 11.9 Å². The van der Waals surface area contributed by atoms with Crippen molar-refractivity contribution >= 4 is 29.0 Å². The van der Waals surface area contributed by atoms with Gasteiger partial charge in [0.2, 0.25) is 0 Å². The maximum Gasteiger partial charge on any atom is 0.166 e. The van der Waals surface area contributed by atoms with Gasteiger partial charge in [-0.25, -0.2) is 9.37 Å². The number of nitrogens with one attached hydrogen (secondary N) is 2. The summed E-state index contributed by atoms with van der Waals surface area (Å²) in [5.41, 5.74) is 7.88. The van der Waals surface area contributed by atoms with E-state index in [1.54, 1.807) is 30.1 Å². The Bertz CT molecular complexity index is 1150. The summed E-state index contributed by atoms with van der Waals surface area (Å²) < 4.78 is 37.0. The zero-order valence-electron chi connectivity index (χ0n) is 18.7. The topological polar surface area (TPSA) is 90.0 Å². The van der Waals surface area contributed by atoms with Gasteiger partial charge in [0, 0.05) is 62.5 Å². The predicted octanol–water partition coefficient (Wildman–Crippen LogP) is 3.67. The highest BCUT2D eigenvalue weighted by molar-refractivity contribution is 6.36. The molecule has 1 fully saturated rings. The summed E-state index contributed by atoms with van der Waals surface area (Å²) in [6.45, 7) is 1.58. The summed E-state index contributed by atoms with van der Waals surface area (Å²) in [6.07, 6.45) is 4.52. The van der Waals surface area contributed by atoms with E-state index >= 15 is 0 Å². The number of nitrogens with two attached hydrogens (primary N) is 1. The molecule has 0 amide bonds. The Kier molecular flexibility index (Phi) is 5.85. The number of nitrogens with zero attached hydrogens (tertiary/aromatic N) is 3. The number of piperazine rings is 1. The van der Waals surface area contributed by atoms with Gasteiger partial charge in [-0.2, -0.15) is 5.10 Å². The summed E-state index contributed by atoms with van der Waals surface area (Å²) in [6, 6.07) is 4.40. The summed E-state index contributed by atoms with van der Waals surface area (Å²) in [5, 5.41) is 10.6. The average molecular weight is 467 g/mol. The molecule has 2 atom stereocenters. The molecule has 3 heterocycles. The van der Waals surface area contributed by atoms with Crippen molar-refractivity contribution in [3.8, 4) is 16.9 Å². The fraction of sp³-hybridized carbons (Fsp3) is 0.333. The Morgan fingerprint density at radius 1 is 1.39 bits per heavy atom. The van der Waals surface area contributed by atoms with E-state index in [4.69, 9.17) is 36.4 Å². The summed E-state index contributed by atoms with van der Waals surface area (Å²) in [7, 11) is 0. The number of halogens is 3. The lowest BCUT2D eigenvalue weighted by Crippen LogP contribution is -2.50. The SMILES string of the molecule is [2H]C1([2H])CNC(Cn2cc(-c3cnc(N)c(O[C@H](C)c4c(Cl)ccc(F)c4Cl)c3)cn2)CN1. The molecule has 1 aliphatic rings. The highest BCUT2D eigenvalue weighted by Crippen LogP contribution is 2.36. The number of ether oxygens (including phenoxy) is 1. The van der Waals surface area contributed by atoms with E-state index in [0.29, 0.717) is 24.4 Å². The molecule has 0 radical (unpaired) electrons. The van der Waals surface area contributed by atoms with Crippen molar-refractivity contribution in [3.63, 3.8) is 0 Å². The van der Waals surface area contributed by atoms with Crippen molar-refractivity contribution in [1.29, 1.82) is 0 Å². The van der Waals surface area contributed by atoms with Crippen LogP contribution in [0, 0.1) is 5.82 Å². The first-order chi connectivity index (χ1) is 15.6. The van der Waals surface area contributed by atoms with Crippen LogP contribution in [0.3, 0.4) is 0 Å². The Morgan fingerprint density at radius 3 is 3.00 bits per heavy atom. The van der Waals surface area contributed by atoms with Crippen molar-refractivity contribution in [1.82, 2.24) is 25.4 Å². The zero-order chi connectivity index (χ0) is 23.8. The minimum atomic E-state index is -1.41. The first-order valence-electron chi connectivity index (χ1n) is 10.7. The minimum Gasteiger partial charge on any atom is -0.482 e. The van der Waals surface area contributed by atoms with Crippen LogP contribution in [0.2, 0.25) is 10.0 Å². The molecule has 0 aliphatic carbocycles. The molecule has 2 aromatic heterocycles. The van der Waals surface area contributed by atoms with Crippen LogP contribution in [0.1, 0.15) is 21.3 Å². The largest absolute Gasteiger partial charge is 0.482 e. The van der Waals surface area contributed by atoms with Gasteiger partial charge in [0.25, 0.3) is 0 Å². The first-order valence-corrected chi connectivity index (χ1v) is 10.5. The Balaban J connectivity index is 1.50. The molecule has 31 heavy (non-hydrogen) atoms. The van der Waals surface area contributed by atoms with Gasteiger partial charge in [-0.3, -0.25) is 4.68 Å². The smallest absolute Gasteiger partial charge is 0.166 e. The normalized spacial score (nSPS) is 20.1. The van der Waals surface area contributed by atoms with Crippen molar-refractivity contribution in [3.05, 3.63) is 58.2 Å². The van der Waals surface area contributed by atoms with E-state index in [1.165, 1.54) is 12.1 Å². The van der Waals surface area contributed by atoms with Crippen molar-refractivity contribution in [2.24, 2.45) is 0 Å². The molecule has 1 aliphatic heterocycles. The second-order valence-corrected chi connectivity index (χ2v) is 8.00. The molecule has 1 saturated heterocycles. The molecular formula is C21H23Cl2FN6O. The highest BCUT2D eigenvalue weighted by Gasteiger charge is 2.20. The summed E-state index contributed by atoms with van der Waals surface area (Å²) in [4.78, 5) is 4.22. The van der Waals surface area contributed by atoms with E-state index < -0.39 is 18.4 Å². The van der Waals surface area contributed by atoms with Gasteiger partial charge in [-0.1, -0.05) is 23.2 Å². The van der Waals surface area contributed by atoms with E-state index in [9.17, 15) is 4.39 Å². The van der Waals surface area contributed by atoms with Crippen LogP contribution in [0.4, 0.5) is 10.2 Å². The van der Waals surface area contributed by atoms with Crippen molar-refractivity contribution in [2.75, 3.05) is 25.3 Å². The number of pyridine rings is 1. The van der Waals surface area contributed by atoms with Crippen LogP contribution >= 0.6 is 23.2 Å². The lowest BCUT2D eigenvalue weighted by atomic mass is 10.1. The maximum atomic E-state index is 13.9. The summed E-state index contributed by atoms with van der Waals surface area (Å²) >= 11 is 12.3. The molecule has 1 unspecified atom stereocenters. The number of rotatable bonds is 6. The third-order valence-electron chi connectivity index (χ3n) is 5.00. The van der Waals surface area contributed by atoms with E-state index in [2.05, 4.69) is 20.7 Å². The van der Waals surface area contributed by atoms with Gasteiger partial charge < -0.3 is 21.1 Å². The number of benzene rings is 1. The van der Waals surface area contributed by atoms with E-state index in [0.717, 1.165) is 11.1 Å². The first kappa shape index (κ1) is 19.3. The number of aromatic nitrogens is 3. The van der Waals surface area contributed by atoms with Crippen molar-refractivity contribution in [2.45, 2.75) is 25.6 Å². The molecule has 0 bridgehead atoms. The average Bonchev–Trinajstić information content (AvgIpc) is 3.23. The van der Waals surface area contributed by atoms with E-state index in [1.807, 2.05) is 6.20 Å². The van der Waals surface area contributed by atoms with Gasteiger partial charge in [0.15, 0.2) is 11.6 Å². The monoisotopic (exact) mass is 466 g/mol. The van der Waals surface area contributed by atoms with Crippen LogP contribution in [0.15, 0.2) is 36.8 Å². The summed E-state index contributed by atoms with van der Waals surface area (Å²) in [5.74, 6) is -0.101. The van der Waals surface area contributed by atoms with Gasteiger partial charge in [0.05, 0.1) is 17.8 Å². The Hall–Kier alpha value is -2.39. The minimum absolute atomic E-state index is 0.0478. The van der Waals surface area contributed by atoms with Crippen LogP contribution in [0.25, 0.3) is 11.1 Å².